The lowest BCUT2D eigenvalue weighted by molar-refractivity contribution is -0.116. The molecule has 0 aliphatic rings. The molecule has 0 aliphatic carbocycles. The number of aryl methyl sites for hydroxylation is 2. The summed E-state index contributed by atoms with van der Waals surface area (Å²) in [7, 11) is -4.16. The van der Waals surface area contributed by atoms with E-state index in [0.717, 1.165) is 38.2 Å². The van der Waals surface area contributed by atoms with Crippen molar-refractivity contribution in [3.05, 3.63) is 107 Å². The smallest absolute Gasteiger partial charge is 0.243 e. The first-order valence-corrected chi connectivity index (χ1v) is 14.3. The van der Waals surface area contributed by atoms with Crippen LogP contribution in [0, 0.1) is 12.7 Å². The van der Waals surface area contributed by atoms with Gasteiger partial charge in [0.15, 0.2) is 0 Å². The predicted molar refractivity (Wildman–Crippen MR) is 154 cm³/mol. The van der Waals surface area contributed by atoms with Crippen molar-refractivity contribution < 1.29 is 17.6 Å². The third-order valence-corrected chi connectivity index (χ3v) is 8.91. The average Bonchev–Trinajstić information content (AvgIpc) is 3.23. The Morgan fingerprint density at radius 1 is 0.949 bits per heavy atom. The number of amides is 1. The summed E-state index contributed by atoms with van der Waals surface area (Å²) in [6.45, 7) is 3.77. The maximum Gasteiger partial charge on any atom is 0.243 e. The van der Waals surface area contributed by atoms with Crippen LogP contribution in [0.1, 0.15) is 18.1 Å². The van der Waals surface area contributed by atoms with Crippen LogP contribution in [0.2, 0.25) is 5.02 Å². The minimum atomic E-state index is -4.16. The molecule has 0 bridgehead atoms. The zero-order valence-electron chi connectivity index (χ0n) is 21.5. The van der Waals surface area contributed by atoms with E-state index < -0.39 is 34.8 Å². The summed E-state index contributed by atoms with van der Waals surface area (Å²) in [5.41, 5.74) is 3.54. The molecule has 5 aromatic rings. The number of aromatic nitrogens is 1. The maximum atomic E-state index is 14.6. The van der Waals surface area contributed by atoms with E-state index in [-0.39, 0.29) is 15.5 Å². The molecular formula is C30H27ClFN3O3S. The van der Waals surface area contributed by atoms with Gasteiger partial charge in [-0.3, -0.25) is 4.79 Å². The van der Waals surface area contributed by atoms with Gasteiger partial charge in [0.1, 0.15) is 5.82 Å². The second-order valence-electron chi connectivity index (χ2n) is 9.33. The molecule has 1 heterocycles. The quantitative estimate of drug-likeness (QED) is 0.227. The molecule has 0 aliphatic heterocycles. The predicted octanol–water partition coefficient (Wildman–Crippen LogP) is 6.74. The van der Waals surface area contributed by atoms with Gasteiger partial charge in [-0.15, -0.1) is 0 Å². The zero-order valence-corrected chi connectivity index (χ0v) is 23.1. The topological polar surface area (TPSA) is 71.4 Å². The second-order valence-corrected chi connectivity index (χ2v) is 11.7. The third kappa shape index (κ3) is 5.28. The van der Waals surface area contributed by atoms with Gasteiger partial charge in [0.2, 0.25) is 15.9 Å². The molecule has 0 fully saturated rings. The summed E-state index contributed by atoms with van der Waals surface area (Å²) in [6.07, 6.45) is 0. The Labute approximate surface area is 231 Å². The summed E-state index contributed by atoms with van der Waals surface area (Å²) in [4.78, 5) is 13.2. The molecule has 5 rings (SSSR count). The number of hydrogen-bond donors (Lipinski definition) is 1. The Morgan fingerprint density at radius 3 is 2.38 bits per heavy atom. The van der Waals surface area contributed by atoms with Crippen LogP contribution in [0.15, 0.2) is 89.8 Å². The van der Waals surface area contributed by atoms with E-state index in [9.17, 15) is 17.6 Å². The average molecular weight is 564 g/mol. The lowest BCUT2D eigenvalue weighted by Gasteiger charge is -2.23. The monoisotopic (exact) mass is 563 g/mol. The lowest BCUT2D eigenvalue weighted by atomic mass is 10.1. The fourth-order valence-electron chi connectivity index (χ4n) is 4.78. The minimum Gasteiger partial charge on any atom is -0.341 e. The molecule has 0 unspecified atom stereocenters. The molecule has 0 saturated heterocycles. The number of benzene rings is 4. The van der Waals surface area contributed by atoms with E-state index in [1.165, 1.54) is 30.3 Å². The highest BCUT2D eigenvalue weighted by Gasteiger charge is 2.28. The fourth-order valence-corrected chi connectivity index (χ4v) is 6.36. The highest BCUT2D eigenvalue weighted by molar-refractivity contribution is 7.89. The number of nitrogens with zero attached hydrogens (tertiary/aromatic N) is 2. The second kappa shape index (κ2) is 10.8. The molecule has 200 valence electrons. The van der Waals surface area contributed by atoms with Gasteiger partial charge in [0, 0.05) is 51.2 Å². The summed E-state index contributed by atoms with van der Waals surface area (Å²) in [5.74, 6) is -1.21. The number of carbonyl (C=O) groups is 1. The normalized spacial score (nSPS) is 11.9. The van der Waals surface area contributed by atoms with Crippen LogP contribution >= 0.6 is 11.6 Å². The van der Waals surface area contributed by atoms with Crippen molar-refractivity contribution >= 4 is 55.0 Å². The lowest BCUT2D eigenvalue weighted by Crippen LogP contribution is -2.37. The molecule has 4 aromatic carbocycles. The maximum absolute atomic E-state index is 14.6. The first-order chi connectivity index (χ1) is 18.7. The number of fused-ring (bicyclic) bond motifs is 3. The van der Waals surface area contributed by atoms with Crippen LogP contribution in [0.25, 0.3) is 21.8 Å². The van der Waals surface area contributed by atoms with Crippen LogP contribution in [0.3, 0.4) is 0 Å². The molecule has 1 amide bonds. The number of anilines is 1. The van der Waals surface area contributed by atoms with E-state index in [0.29, 0.717) is 5.69 Å². The Hall–Kier alpha value is -3.72. The number of para-hydroxylation sites is 1. The van der Waals surface area contributed by atoms with Crippen molar-refractivity contribution in [3.63, 3.8) is 0 Å². The molecule has 0 saturated carbocycles. The van der Waals surface area contributed by atoms with Crippen molar-refractivity contribution in [3.8, 4) is 0 Å². The molecule has 9 heteroatoms. The van der Waals surface area contributed by atoms with Gasteiger partial charge in [-0.2, -0.15) is 4.31 Å². The number of rotatable bonds is 8. The molecule has 39 heavy (non-hydrogen) atoms. The number of halogens is 2. The molecule has 6 nitrogen and oxygen atoms in total. The van der Waals surface area contributed by atoms with Gasteiger partial charge in [-0.05, 0) is 62.4 Å². The van der Waals surface area contributed by atoms with Gasteiger partial charge in [0.25, 0.3) is 0 Å². The number of sulfonamides is 1. The van der Waals surface area contributed by atoms with Gasteiger partial charge in [-0.1, -0.05) is 53.6 Å². The first-order valence-electron chi connectivity index (χ1n) is 12.5. The Bertz CT molecular complexity index is 1780. The molecule has 0 spiro atoms. The number of carbonyl (C=O) groups excluding carboxylic acids is 1. The molecule has 0 atom stereocenters. The van der Waals surface area contributed by atoms with E-state index in [2.05, 4.69) is 22.9 Å². The largest absolute Gasteiger partial charge is 0.341 e. The molecule has 1 aromatic heterocycles. The summed E-state index contributed by atoms with van der Waals surface area (Å²) >= 11 is 6.21. The van der Waals surface area contributed by atoms with Gasteiger partial charge in [-0.25, -0.2) is 12.8 Å². The molecule has 0 radical (unpaired) electrons. The summed E-state index contributed by atoms with van der Waals surface area (Å²) in [5, 5.41) is 4.94. The third-order valence-electron chi connectivity index (χ3n) is 6.75. The van der Waals surface area contributed by atoms with Crippen LogP contribution in [-0.2, 0) is 27.9 Å². The van der Waals surface area contributed by atoms with E-state index in [1.54, 1.807) is 18.2 Å². The summed E-state index contributed by atoms with van der Waals surface area (Å²) < 4.78 is 45.0. The van der Waals surface area contributed by atoms with Crippen molar-refractivity contribution in [1.82, 2.24) is 8.87 Å². The Kier molecular flexibility index (Phi) is 7.44. The van der Waals surface area contributed by atoms with Crippen LogP contribution in [0.4, 0.5) is 10.1 Å². The van der Waals surface area contributed by atoms with Gasteiger partial charge < -0.3 is 9.88 Å². The SMILES string of the molecule is CCn1c2ccccc2c2cc(NC(=O)CN(Cc3c(F)cccc3Cl)S(=O)(=O)c3ccc(C)cc3)ccc21. The minimum absolute atomic E-state index is 0.00200. The molecule has 1 N–H and O–H groups in total. The van der Waals surface area contributed by atoms with E-state index in [4.69, 9.17) is 11.6 Å². The Morgan fingerprint density at radius 2 is 1.67 bits per heavy atom. The highest BCUT2D eigenvalue weighted by Crippen LogP contribution is 2.31. The highest BCUT2D eigenvalue weighted by atomic mass is 35.5. The molecular weight excluding hydrogens is 537 g/mol. The van der Waals surface area contributed by atoms with Gasteiger partial charge >= 0.3 is 0 Å². The first kappa shape index (κ1) is 26.9. The zero-order chi connectivity index (χ0) is 27.7. The number of hydrogen-bond acceptors (Lipinski definition) is 3. The van der Waals surface area contributed by atoms with Crippen LogP contribution < -0.4 is 5.32 Å². The van der Waals surface area contributed by atoms with Crippen molar-refractivity contribution in [2.24, 2.45) is 0 Å². The van der Waals surface area contributed by atoms with Crippen molar-refractivity contribution in [1.29, 1.82) is 0 Å². The fraction of sp³-hybridized carbons (Fsp3) is 0.167. The Balaban J connectivity index is 1.47. The standard InChI is InChI=1S/C30H27ClFN3O3S/c1-3-35-28-10-5-4-7-23(28)24-17-21(13-16-29(24)35)33-30(36)19-34(18-25-26(31)8-6-9-27(25)32)39(37,38)22-14-11-20(2)12-15-22/h4-17H,3,18-19H2,1-2H3,(H,33,36). The summed E-state index contributed by atoms with van der Waals surface area (Å²) in [6, 6.07) is 24.1. The van der Waals surface area contributed by atoms with Crippen LogP contribution in [-0.4, -0.2) is 29.7 Å². The van der Waals surface area contributed by atoms with Crippen LogP contribution in [0.5, 0.6) is 0 Å². The van der Waals surface area contributed by atoms with Crippen molar-refractivity contribution in [2.75, 3.05) is 11.9 Å². The number of nitrogens with one attached hydrogen (secondary N) is 1. The van der Waals surface area contributed by atoms with E-state index in [1.807, 2.05) is 37.3 Å². The van der Waals surface area contributed by atoms with Gasteiger partial charge in [0.05, 0.1) is 11.4 Å². The van der Waals surface area contributed by atoms with E-state index >= 15 is 0 Å². The van der Waals surface area contributed by atoms with Crippen molar-refractivity contribution in [2.45, 2.75) is 31.8 Å².